The van der Waals surface area contributed by atoms with Crippen LogP contribution in [0.1, 0.15) is 12.5 Å². The molecule has 0 spiro atoms. The van der Waals surface area contributed by atoms with Crippen molar-refractivity contribution in [2.75, 3.05) is 13.1 Å². The highest BCUT2D eigenvalue weighted by Gasteiger charge is 2.13. The van der Waals surface area contributed by atoms with Gasteiger partial charge in [-0.1, -0.05) is 6.92 Å². The molecular formula is C11H12F3NO2. The molecule has 0 heterocycles. The smallest absolute Gasteiger partial charge is 0.317 e. The van der Waals surface area contributed by atoms with Gasteiger partial charge in [0.1, 0.15) is 0 Å². The second-order valence-electron chi connectivity index (χ2n) is 3.57. The van der Waals surface area contributed by atoms with Gasteiger partial charge in [-0.25, -0.2) is 13.2 Å². The molecule has 0 radical (unpaired) electrons. The molecule has 1 N–H and O–H groups in total. The van der Waals surface area contributed by atoms with E-state index in [2.05, 4.69) is 0 Å². The lowest BCUT2D eigenvalue weighted by molar-refractivity contribution is -0.138. The lowest BCUT2D eigenvalue weighted by Gasteiger charge is -2.18. The van der Waals surface area contributed by atoms with Crippen molar-refractivity contribution in [1.29, 1.82) is 0 Å². The fourth-order valence-corrected chi connectivity index (χ4v) is 1.43. The molecule has 3 nitrogen and oxygen atoms in total. The first-order valence-electron chi connectivity index (χ1n) is 5.01. The number of benzene rings is 1. The van der Waals surface area contributed by atoms with Gasteiger partial charge in [0.2, 0.25) is 0 Å². The Kier molecular flexibility index (Phi) is 4.51. The number of halogens is 3. The summed E-state index contributed by atoms with van der Waals surface area (Å²) in [7, 11) is 0. The number of carboxylic acids is 1. The van der Waals surface area contributed by atoms with Crippen molar-refractivity contribution in [2.24, 2.45) is 0 Å². The monoisotopic (exact) mass is 247 g/mol. The van der Waals surface area contributed by atoms with E-state index in [4.69, 9.17) is 5.11 Å². The minimum atomic E-state index is -1.52. The Morgan fingerprint density at radius 1 is 1.29 bits per heavy atom. The highest BCUT2D eigenvalue weighted by Crippen LogP contribution is 2.15. The van der Waals surface area contributed by atoms with Crippen LogP contribution in [0, 0.1) is 17.5 Å². The normalized spacial score (nSPS) is 10.9. The van der Waals surface area contributed by atoms with Gasteiger partial charge in [-0.15, -0.1) is 0 Å². The van der Waals surface area contributed by atoms with Gasteiger partial charge in [0.05, 0.1) is 6.54 Å². The first kappa shape index (κ1) is 13.5. The molecule has 0 bridgehead atoms. The van der Waals surface area contributed by atoms with Gasteiger partial charge in [0.15, 0.2) is 17.5 Å². The van der Waals surface area contributed by atoms with Crippen molar-refractivity contribution in [3.05, 3.63) is 35.1 Å². The third kappa shape index (κ3) is 3.74. The third-order valence-electron chi connectivity index (χ3n) is 2.26. The number of hydrogen-bond donors (Lipinski definition) is 1. The van der Waals surface area contributed by atoms with Crippen LogP contribution in [0.5, 0.6) is 0 Å². The van der Waals surface area contributed by atoms with E-state index in [0.717, 1.165) is 12.1 Å². The molecule has 0 unspecified atom stereocenters. The molecule has 0 amide bonds. The number of carbonyl (C=O) groups is 1. The van der Waals surface area contributed by atoms with Crippen molar-refractivity contribution in [1.82, 2.24) is 4.90 Å². The van der Waals surface area contributed by atoms with E-state index in [-0.39, 0.29) is 18.7 Å². The van der Waals surface area contributed by atoms with E-state index < -0.39 is 23.4 Å². The average molecular weight is 247 g/mol. The maximum Gasteiger partial charge on any atom is 0.317 e. The average Bonchev–Trinajstić information content (AvgIpc) is 2.24. The van der Waals surface area contributed by atoms with Gasteiger partial charge in [-0.3, -0.25) is 9.69 Å². The van der Waals surface area contributed by atoms with Gasteiger partial charge in [-0.2, -0.15) is 0 Å². The zero-order chi connectivity index (χ0) is 13.0. The van der Waals surface area contributed by atoms with Crippen LogP contribution in [0.25, 0.3) is 0 Å². The molecule has 0 aliphatic heterocycles. The molecule has 1 rings (SSSR count). The van der Waals surface area contributed by atoms with Crippen molar-refractivity contribution in [3.8, 4) is 0 Å². The zero-order valence-electron chi connectivity index (χ0n) is 9.21. The lowest BCUT2D eigenvalue weighted by Crippen LogP contribution is -2.29. The summed E-state index contributed by atoms with van der Waals surface area (Å²) in [6, 6.07) is 1.73. The predicted molar refractivity (Wildman–Crippen MR) is 54.9 cm³/mol. The van der Waals surface area contributed by atoms with Gasteiger partial charge in [0, 0.05) is 6.54 Å². The van der Waals surface area contributed by atoms with Crippen LogP contribution < -0.4 is 0 Å². The van der Waals surface area contributed by atoms with E-state index >= 15 is 0 Å². The fraction of sp³-hybridized carbons (Fsp3) is 0.364. The molecule has 94 valence electrons. The maximum absolute atomic E-state index is 12.9. The van der Waals surface area contributed by atoms with Crippen LogP contribution in [-0.2, 0) is 11.3 Å². The molecule has 0 aliphatic carbocycles. The summed E-state index contributed by atoms with van der Waals surface area (Å²) in [6.07, 6.45) is 0. The van der Waals surface area contributed by atoms with Crippen LogP contribution >= 0.6 is 0 Å². The Morgan fingerprint density at radius 2 is 1.82 bits per heavy atom. The van der Waals surface area contributed by atoms with Crippen molar-refractivity contribution in [2.45, 2.75) is 13.5 Å². The van der Waals surface area contributed by atoms with Crippen molar-refractivity contribution < 1.29 is 23.1 Å². The Balaban J connectivity index is 2.83. The molecule has 0 saturated carbocycles. The topological polar surface area (TPSA) is 40.5 Å². The summed E-state index contributed by atoms with van der Waals surface area (Å²) in [5.41, 5.74) is 0.199. The number of hydrogen-bond acceptors (Lipinski definition) is 2. The second-order valence-corrected chi connectivity index (χ2v) is 3.57. The molecule has 0 fully saturated rings. The SMILES string of the molecule is CCN(CC(=O)O)Cc1cc(F)c(F)c(F)c1. The van der Waals surface area contributed by atoms with Crippen LogP contribution in [0.3, 0.4) is 0 Å². The molecule has 6 heteroatoms. The van der Waals surface area contributed by atoms with E-state index in [1.165, 1.54) is 4.90 Å². The Bertz CT molecular complexity index is 400. The Morgan fingerprint density at radius 3 is 2.24 bits per heavy atom. The number of aliphatic carboxylic acids is 1. The zero-order valence-corrected chi connectivity index (χ0v) is 9.21. The molecular weight excluding hydrogens is 235 g/mol. The number of rotatable bonds is 5. The number of nitrogens with zero attached hydrogens (tertiary/aromatic N) is 1. The summed E-state index contributed by atoms with van der Waals surface area (Å²) in [6.45, 7) is 1.94. The van der Waals surface area contributed by atoms with Crippen LogP contribution in [-0.4, -0.2) is 29.1 Å². The molecule has 1 aromatic rings. The van der Waals surface area contributed by atoms with Crippen molar-refractivity contribution in [3.63, 3.8) is 0 Å². The summed E-state index contributed by atoms with van der Waals surface area (Å²) >= 11 is 0. The Hall–Kier alpha value is -1.56. The maximum atomic E-state index is 12.9. The van der Waals surface area contributed by atoms with Crippen LogP contribution in [0.15, 0.2) is 12.1 Å². The summed E-state index contributed by atoms with van der Waals surface area (Å²) in [4.78, 5) is 12.0. The second kappa shape index (κ2) is 5.67. The first-order chi connectivity index (χ1) is 7.93. The summed E-state index contributed by atoms with van der Waals surface area (Å²) in [5, 5.41) is 8.60. The lowest BCUT2D eigenvalue weighted by atomic mass is 10.2. The minimum Gasteiger partial charge on any atom is -0.480 e. The van der Waals surface area contributed by atoms with E-state index in [1.54, 1.807) is 6.92 Å². The number of likely N-dealkylation sites (N-methyl/N-ethyl adjacent to an activating group) is 1. The van der Waals surface area contributed by atoms with Gasteiger partial charge < -0.3 is 5.11 Å². The highest BCUT2D eigenvalue weighted by molar-refractivity contribution is 5.69. The molecule has 0 aromatic heterocycles. The van der Waals surface area contributed by atoms with E-state index in [0.29, 0.717) is 6.54 Å². The standard InChI is InChI=1S/C11H12F3NO2/c1-2-15(6-10(16)17)5-7-3-8(12)11(14)9(13)4-7/h3-4H,2,5-6H2,1H3,(H,16,17). The third-order valence-corrected chi connectivity index (χ3v) is 2.26. The first-order valence-corrected chi connectivity index (χ1v) is 5.01. The van der Waals surface area contributed by atoms with Crippen LogP contribution in [0.2, 0.25) is 0 Å². The Labute approximate surface area is 96.5 Å². The van der Waals surface area contributed by atoms with E-state index in [9.17, 15) is 18.0 Å². The molecule has 0 aliphatic rings. The summed E-state index contributed by atoms with van der Waals surface area (Å²) in [5.74, 6) is -5.09. The summed E-state index contributed by atoms with van der Waals surface area (Å²) < 4.78 is 38.5. The van der Waals surface area contributed by atoms with Crippen LogP contribution in [0.4, 0.5) is 13.2 Å². The molecule has 17 heavy (non-hydrogen) atoms. The molecule has 0 saturated heterocycles. The fourth-order valence-electron chi connectivity index (χ4n) is 1.43. The van der Waals surface area contributed by atoms with Gasteiger partial charge in [-0.05, 0) is 24.2 Å². The largest absolute Gasteiger partial charge is 0.480 e. The molecule has 1 aromatic carbocycles. The number of carboxylic acid groups (broad SMARTS) is 1. The van der Waals surface area contributed by atoms with Gasteiger partial charge in [0.25, 0.3) is 0 Å². The minimum absolute atomic E-state index is 0.0525. The van der Waals surface area contributed by atoms with Gasteiger partial charge >= 0.3 is 5.97 Å². The molecule has 0 atom stereocenters. The highest BCUT2D eigenvalue weighted by atomic mass is 19.2. The van der Waals surface area contributed by atoms with E-state index in [1.807, 2.05) is 0 Å². The van der Waals surface area contributed by atoms with Crippen molar-refractivity contribution >= 4 is 5.97 Å². The quantitative estimate of drug-likeness (QED) is 0.809. The predicted octanol–water partition coefficient (Wildman–Crippen LogP) is 2.01.